The Hall–Kier alpha value is -0.370. The van der Waals surface area contributed by atoms with Crippen LogP contribution in [-0.2, 0) is 9.53 Å². The highest BCUT2D eigenvalue weighted by atomic mass is 16.5. The van der Waals surface area contributed by atoms with E-state index in [0.717, 1.165) is 25.9 Å². The lowest BCUT2D eigenvalue weighted by Gasteiger charge is -2.21. The second-order valence-corrected chi connectivity index (χ2v) is 4.22. The van der Waals surface area contributed by atoms with Crippen molar-refractivity contribution in [3.8, 4) is 0 Å². The van der Waals surface area contributed by atoms with E-state index < -0.39 is 0 Å². The van der Waals surface area contributed by atoms with Crippen molar-refractivity contribution in [2.75, 3.05) is 13.7 Å². The number of ether oxygens (including phenoxy) is 1. The zero-order valence-corrected chi connectivity index (χ0v) is 8.88. The Labute approximate surface area is 80.7 Å². The SMILES string of the molecule is COCCC(C)C1CCC(=O)C1C. The van der Waals surface area contributed by atoms with Crippen molar-refractivity contribution in [1.29, 1.82) is 0 Å². The van der Waals surface area contributed by atoms with Crippen LogP contribution in [0.5, 0.6) is 0 Å². The van der Waals surface area contributed by atoms with Gasteiger partial charge in [-0.2, -0.15) is 0 Å². The molecule has 1 saturated carbocycles. The molecule has 0 saturated heterocycles. The first-order valence-electron chi connectivity index (χ1n) is 5.18. The third-order valence-corrected chi connectivity index (χ3v) is 3.38. The Kier molecular flexibility index (Phi) is 3.91. The van der Waals surface area contributed by atoms with Crippen molar-refractivity contribution in [1.82, 2.24) is 0 Å². The van der Waals surface area contributed by atoms with Crippen LogP contribution in [0.25, 0.3) is 0 Å². The Morgan fingerprint density at radius 2 is 2.31 bits per heavy atom. The van der Waals surface area contributed by atoms with Gasteiger partial charge in [-0.1, -0.05) is 13.8 Å². The Bertz CT molecular complexity index is 177. The molecule has 0 radical (unpaired) electrons. The van der Waals surface area contributed by atoms with E-state index in [1.165, 1.54) is 0 Å². The molecule has 0 aromatic heterocycles. The van der Waals surface area contributed by atoms with E-state index in [1.54, 1.807) is 7.11 Å². The van der Waals surface area contributed by atoms with Gasteiger partial charge >= 0.3 is 0 Å². The molecule has 3 unspecified atom stereocenters. The maximum absolute atomic E-state index is 11.3. The Morgan fingerprint density at radius 1 is 1.62 bits per heavy atom. The van der Waals surface area contributed by atoms with Gasteiger partial charge in [-0.3, -0.25) is 4.79 Å². The fraction of sp³-hybridized carbons (Fsp3) is 0.909. The van der Waals surface area contributed by atoms with Gasteiger partial charge in [0.25, 0.3) is 0 Å². The lowest BCUT2D eigenvalue weighted by molar-refractivity contribution is -0.121. The first-order valence-corrected chi connectivity index (χ1v) is 5.18. The number of rotatable bonds is 4. The summed E-state index contributed by atoms with van der Waals surface area (Å²) in [6, 6.07) is 0. The van der Waals surface area contributed by atoms with Gasteiger partial charge in [0.1, 0.15) is 5.78 Å². The summed E-state index contributed by atoms with van der Waals surface area (Å²) in [5.41, 5.74) is 0. The highest BCUT2D eigenvalue weighted by molar-refractivity contribution is 5.83. The van der Waals surface area contributed by atoms with Gasteiger partial charge < -0.3 is 4.74 Å². The summed E-state index contributed by atoms with van der Waals surface area (Å²) in [6.45, 7) is 5.13. The molecule has 1 rings (SSSR count). The fourth-order valence-corrected chi connectivity index (χ4v) is 2.32. The van der Waals surface area contributed by atoms with E-state index in [9.17, 15) is 4.79 Å². The summed E-state index contributed by atoms with van der Waals surface area (Å²) in [7, 11) is 1.73. The molecule has 1 fully saturated rings. The van der Waals surface area contributed by atoms with E-state index in [1.807, 2.05) is 0 Å². The number of Topliss-reactive ketones (excluding diaryl/α,β-unsaturated/α-hetero) is 1. The number of ketones is 1. The molecule has 0 N–H and O–H groups in total. The maximum atomic E-state index is 11.3. The molecule has 2 heteroatoms. The number of carbonyl (C=O) groups is 1. The molecule has 3 atom stereocenters. The summed E-state index contributed by atoms with van der Waals surface area (Å²) < 4.78 is 5.05. The van der Waals surface area contributed by atoms with Gasteiger partial charge in [0, 0.05) is 26.1 Å². The highest BCUT2D eigenvalue weighted by Gasteiger charge is 2.33. The number of hydrogen-bond acceptors (Lipinski definition) is 2. The summed E-state index contributed by atoms with van der Waals surface area (Å²) in [5.74, 6) is 1.96. The van der Waals surface area contributed by atoms with Crippen LogP contribution in [0.2, 0.25) is 0 Å². The van der Waals surface area contributed by atoms with Crippen LogP contribution < -0.4 is 0 Å². The molecule has 0 aliphatic heterocycles. The lowest BCUT2D eigenvalue weighted by atomic mass is 9.84. The predicted molar refractivity (Wildman–Crippen MR) is 52.6 cm³/mol. The largest absolute Gasteiger partial charge is 0.385 e. The van der Waals surface area contributed by atoms with E-state index in [2.05, 4.69) is 13.8 Å². The molecule has 0 bridgehead atoms. The molecule has 1 aliphatic carbocycles. The minimum atomic E-state index is 0.284. The van der Waals surface area contributed by atoms with Crippen molar-refractivity contribution >= 4 is 5.78 Å². The van der Waals surface area contributed by atoms with Crippen molar-refractivity contribution in [2.45, 2.75) is 33.1 Å². The van der Waals surface area contributed by atoms with Crippen LogP contribution in [0.3, 0.4) is 0 Å². The van der Waals surface area contributed by atoms with E-state index in [0.29, 0.717) is 17.6 Å². The Balaban J connectivity index is 2.38. The van der Waals surface area contributed by atoms with Crippen LogP contribution in [0.4, 0.5) is 0 Å². The van der Waals surface area contributed by atoms with Crippen LogP contribution in [0.15, 0.2) is 0 Å². The minimum Gasteiger partial charge on any atom is -0.385 e. The summed E-state index contributed by atoms with van der Waals surface area (Å²) in [5, 5.41) is 0. The third kappa shape index (κ3) is 2.53. The van der Waals surface area contributed by atoms with E-state index in [4.69, 9.17) is 4.74 Å². The smallest absolute Gasteiger partial charge is 0.135 e. The van der Waals surface area contributed by atoms with E-state index >= 15 is 0 Å². The maximum Gasteiger partial charge on any atom is 0.135 e. The molecule has 0 aromatic carbocycles. The van der Waals surface area contributed by atoms with Gasteiger partial charge in [-0.05, 0) is 24.7 Å². The van der Waals surface area contributed by atoms with Gasteiger partial charge in [0.15, 0.2) is 0 Å². The second-order valence-electron chi connectivity index (χ2n) is 4.22. The first-order chi connectivity index (χ1) is 6.16. The zero-order valence-electron chi connectivity index (χ0n) is 8.88. The molecule has 13 heavy (non-hydrogen) atoms. The van der Waals surface area contributed by atoms with Crippen LogP contribution in [-0.4, -0.2) is 19.5 Å². The van der Waals surface area contributed by atoms with E-state index in [-0.39, 0.29) is 5.92 Å². The number of hydrogen-bond donors (Lipinski definition) is 0. The molecule has 1 aliphatic rings. The molecule has 0 heterocycles. The topological polar surface area (TPSA) is 26.3 Å². The second kappa shape index (κ2) is 4.75. The molecule has 76 valence electrons. The summed E-state index contributed by atoms with van der Waals surface area (Å²) >= 11 is 0. The molecule has 0 aromatic rings. The fourth-order valence-electron chi connectivity index (χ4n) is 2.32. The molecule has 0 amide bonds. The summed E-state index contributed by atoms with van der Waals surface area (Å²) in [4.78, 5) is 11.3. The quantitative estimate of drug-likeness (QED) is 0.670. The first kappa shape index (κ1) is 10.7. The number of methoxy groups -OCH3 is 1. The molecular formula is C11H20O2. The normalized spacial score (nSPS) is 30.8. The van der Waals surface area contributed by atoms with Gasteiger partial charge in [0.05, 0.1) is 0 Å². The standard InChI is InChI=1S/C11H20O2/c1-8(6-7-13-3)10-4-5-11(12)9(10)2/h8-10H,4-7H2,1-3H3. The predicted octanol–water partition coefficient (Wildman–Crippen LogP) is 2.27. The van der Waals surface area contributed by atoms with Crippen LogP contribution in [0, 0.1) is 17.8 Å². The minimum absolute atomic E-state index is 0.284. The average molecular weight is 184 g/mol. The molecule has 0 spiro atoms. The molecule has 2 nitrogen and oxygen atoms in total. The highest BCUT2D eigenvalue weighted by Crippen LogP contribution is 2.35. The average Bonchev–Trinajstić information content (AvgIpc) is 2.44. The lowest BCUT2D eigenvalue weighted by Crippen LogP contribution is -2.19. The van der Waals surface area contributed by atoms with Gasteiger partial charge in [-0.15, -0.1) is 0 Å². The Morgan fingerprint density at radius 3 is 2.77 bits per heavy atom. The van der Waals surface area contributed by atoms with Gasteiger partial charge in [0.2, 0.25) is 0 Å². The van der Waals surface area contributed by atoms with Gasteiger partial charge in [-0.25, -0.2) is 0 Å². The van der Waals surface area contributed by atoms with Crippen molar-refractivity contribution in [2.24, 2.45) is 17.8 Å². The monoisotopic (exact) mass is 184 g/mol. The zero-order chi connectivity index (χ0) is 9.84. The number of carbonyl (C=O) groups excluding carboxylic acids is 1. The van der Waals surface area contributed by atoms with Crippen molar-refractivity contribution in [3.63, 3.8) is 0 Å². The van der Waals surface area contributed by atoms with Crippen molar-refractivity contribution in [3.05, 3.63) is 0 Å². The van der Waals surface area contributed by atoms with Crippen molar-refractivity contribution < 1.29 is 9.53 Å². The third-order valence-electron chi connectivity index (χ3n) is 3.38. The van der Waals surface area contributed by atoms with Crippen LogP contribution in [0.1, 0.15) is 33.1 Å². The summed E-state index contributed by atoms with van der Waals surface area (Å²) in [6.07, 6.45) is 2.97. The molecular weight excluding hydrogens is 164 g/mol. The van der Waals surface area contributed by atoms with Crippen LogP contribution >= 0.6 is 0 Å².